The Kier molecular flexibility index (Phi) is 6.80. The van der Waals surface area contributed by atoms with Crippen molar-refractivity contribution in [3.8, 4) is 10.6 Å². The number of nitrogens with zero attached hydrogens (tertiary/aromatic N) is 2. The molecule has 8 heteroatoms. The van der Waals surface area contributed by atoms with Crippen LogP contribution in [-0.4, -0.2) is 49.0 Å². The first-order chi connectivity index (χ1) is 11.0. The topological polar surface area (TPSA) is 71.2 Å². The first kappa shape index (κ1) is 18.2. The zero-order chi connectivity index (χ0) is 16.8. The molecule has 0 saturated carbocycles. The van der Waals surface area contributed by atoms with E-state index in [1.807, 2.05) is 7.05 Å². The van der Waals surface area contributed by atoms with Crippen molar-refractivity contribution in [2.24, 2.45) is 5.73 Å². The van der Waals surface area contributed by atoms with Crippen LogP contribution in [0, 0.1) is 0 Å². The second-order valence-corrected chi connectivity index (χ2v) is 6.77. The third-order valence-electron chi connectivity index (χ3n) is 3.14. The predicted molar refractivity (Wildman–Crippen MR) is 96.5 cm³/mol. The summed E-state index contributed by atoms with van der Waals surface area (Å²) in [6.07, 6.45) is 0. The molecule has 0 aliphatic heterocycles. The van der Waals surface area contributed by atoms with Gasteiger partial charge in [0.2, 0.25) is 0 Å². The first-order valence-electron chi connectivity index (χ1n) is 7.08. The Morgan fingerprint density at radius 1 is 1.30 bits per heavy atom. The van der Waals surface area contributed by atoms with Crippen molar-refractivity contribution in [2.45, 2.75) is 0 Å². The lowest BCUT2D eigenvalue weighted by molar-refractivity contribution is 0.0946. The van der Waals surface area contributed by atoms with Crippen LogP contribution in [0.25, 0.3) is 10.6 Å². The molecule has 0 saturated heterocycles. The lowest BCUT2D eigenvalue weighted by atomic mass is 10.2. The Morgan fingerprint density at radius 2 is 2.00 bits per heavy atom. The molecule has 1 aromatic carbocycles. The Bertz CT molecular complexity index is 657. The minimum absolute atomic E-state index is 0.193. The highest BCUT2D eigenvalue weighted by Gasteiger charge is 2.12. The summed E-state index contributed by atoms with van der Waals surface area (Å²) in [4.78, 5) is 18.5. The van der Waals surface area contributed by atoms with Crippen LogP contribution in [0.4, 0.5) is 0 Å². The molecule has 0 radical (unpaired) electrons. The molecule has 5 nitrogen and oxygen atoms in total. The third kappa shape index (κ3) is 5.44. The Morgan fingerprint density at radius 3 is 2.65 bits per heavy atom. The fraction of sp³-hybridized carbons (Fsp3) is 0.333. The summed E-state index contributed by atoms with van der Waals surface area (Å²) >= 11 is 13.4. The molecule has 0 unspecified atom stereocenters. The maximum Gasteiger partial charge on any atom is 0.270 e. The average Bonchev–Trinajstić information content (AvgIpc) is 2.96. The lowest BCUT2D eigenvalue weighted by Gasteiger charge is -2.15. The molecule has 0 bridgehead atoms. The SMILES string of the molecule is CN(CCN)CCNC(=O)c1csc(-c2cc(Cl)cc(Cl)c2)n1. The number of thiazole rings is 1. The lowest BCUT2D eigenvalue weighted by Crippen LogP contribution is -2.35. The summed E-state index contributed by atoms with van der Waals surface area (Å²) in [7, 11) is 1.96. The van der Waals surface area contributed by atoms with Gasteiger partial charge < -0.3 is 16.0 Å². The molecule has 1 aromatic heterocycles. The van der Waals surface area contributed by atoms with Crippen molar-refractivity contribution in [2.75, 3.05) is 33.2 Å². The number of rotatable bonds is 7. The molecule has 124 valence electrons. The molecule has 1 amide bonds. The summed E-state index contributed by atoms with van der Waals surface area (Å²) in [5, 5.41) is 6.36. The molecule has 3 N–H and O–H groups in total. The minimum atomic E-state index is -0.193. The highest BCUT2D eigenvalue weighted by Crippen LogP contribution is 2.29. The third-order valence-corrected chi connectivity index (χ3v) is 4.46. The number of hydrogen-bond donors (Lipinski definition) is 2. The Labute approximate surface area is 149 Å². The maximum absolute atomic E-state index is 12.1. The number of hydrogen-bond acceptors (Lipinski definition) is 5. The number of halogens is 2. The highest BCUT2D eigenvalue weighted by molar-refractivity contribution is 7.13. The molecular formula is C15H18Cl2N4OS. The van der Waals surface area contributed by atoms with Crippen LogP contribution in [0.15, 0.2) is 23.6 Å². The van der Waals surface area contributed by atoms with E-state index in [1.165, 1.54) is 11.3 Å². The van der Waals surface area contributed by atoms with Gasteiger partial charge in [0.25, 0.3) is 5.91 Å². The standard InChI is InChI=1S/C15H18Cl2N4OS/c1-21(4-2-18)5-3-19-14(22)13-9-23-15(20-13)10-6-11(16)8-12(17)7-10/h6-9H,2-5,18H2,1H3,(H,19,22). The monoisotopic (exact) mass is 372 g/mol. The van der Waals surface area contributed by atoms with Crippen molar-refractivity contribution in [1.29, 1.82) is 0 Å². The summed E-state index contributed by atoms with van der Waals surface area (Å²) in [5.41, 5.74) is 6.67. The van der Waals surface area contributed by atoms with Crippen LogP contribution >= 0.6 is 34.5 Å². The number of benzene rings is 1. The van der Waals surface area contributed by atoms with Gasteiger partial charge in [0.1, 0.15) is 10.7 Å². The van der Waals surface area contributed by atoms with Crippen molar-refractivity contribution in [3.63, 3.8) is 0 Å². The van der Waals surface area contributed by atoms with E-state index in [9.17, 15) is 4.79 Å². The van der Waals surface area contributed by atoms with Crippen molar-refractivity contribution >= 4 is 40.4 Å². The molecule has 1 heterocycles. The van der Waals surface area contributed by atoms with Crippen LogP contribution in [0.3, 0.4) is 0 Å². The summed E-state index contributed by atoms with van der Waals surface area (Å²) in [5.74, 6) is -0.193. The number of nitrogens with two attached hydrogens (primary N) is 1. The van der Waals surface area contributed by atoms with Crippen LogP contribution < -0.4 is 11.1 Å². The van der Waals surface area contributed by atoms with Gasteiger partial charge in [-0.1, -0.05) is 23.2 Å². The van der Waals surface area contributed by atoms with Crippen LogP contribution in [0.1, 0.15) is 10.5 Å². The van der Waals surface area contributed by atoms with E-state index in [-0.39, 0.29) is 5.91 Å². The van der Waals surface area contributed by atoms with E-state index in [2.05, 4.69) is 15.2 Å². The molecule has 2 aromatic rings. The summed E-state index contributed by atoms with van der Waals surface area (Å²) in [6.45, 7) is 2.68. The molecule has 0 fully saturated rings. The fourth-order valence-electron chi connectivity index (χ4n) is 1.97. The normalized spacial score (nSPS) is 11.0. The van der Waals surface area contributed by atoms with Gasteiger partial charge in [-0.05, 0) is 25.2 Å². The first-order valence-corrected chi connectivity index (χ1v) is 8.72. The Hall–Kier alpha value is -1.18. The molecule has 0 spiro atoms. The number of amides is 1. The fourth-order valence-corrected chi connectivity index (χ4v) is 3.29. The van der Waals surface area contributed by atoms with Crippen LogP contribution in [0.2, 0.25) is 10.0 Å². The minimum Gasteiger partial charge on any atom is -0.349 e. The van der Waals surface area contributed by atoms with Crippen LogP contribution in [-0.2, 0) is 0 Å². The number of nitrogens with one attached hydrogen (secondary N) is 1. The van der Waals surface area contributed by atoms with Gasteiger partial charge in [-0.15, -0.1) is 11.3 Å². The van der Waals surface area contributed by atoms with E-state index >= 15 is 0 Å². The number of likely N-dealkylation sites (N-methyl/N-ethyl adjacent to an activating group) is 1. The van der Waals surface area contributed by atoms with Crippen LogP contribution in [0.5, 0.6) is 0 Å². The molecule has 2 rings (SSSR count). The van der Waals surface area contributed by atoms with E-state index in [1.54, 1.807) is 23.6 Å². The zero-order valence-electron chi connectivity index (χ0n) is 12.7. The second kappa shape index (κ2) is 8.61. The van der Waals surface area contributed by atoms with Crippen molar-refractivity contribution in [3.05, 3.63) is 39.3 Å². The van der Waals surface area contributed by atoms with E-state index < -0.39 is 0 Å². The predicted octanol–water partition coefficient (Wildman–Crippen LogP) is 2.74. The zero-order valence-corrected chi connectivity index (χ0v) is 15.0. The maximum atomic E-state index is 12.1. The smallest absolute Gasteiger partial charge is 0.270 e. The van der Waals surface area contributed by atoms with Crippen molar-refractivity contribution < 1.29 is 4.79 Å². The van der Waals surface area contributed by atoms with Gasteiger partial charge in [0.15, 0.2) is 0 Å². The van der Waals surface area contributed by atoms with E-state index in [0.29, 0.717) is 33.8 Å². The van der Waals surface area contributed by atoms with Crippen molar-refractivity contribution in [1.82, 2.24) is 15.2 Å². The van der Waals surface area contributed by atoms with E-state index in [0.717, 1.165) is 18.7 Å². The van der Waals surface area contributed by atoms with E-state index in [4.69, 9.17) is 28.9 Å². The molecular weight excluding hydrogens is 355 g/mol. The quantitative estimate of drug-likeness (QED) is 0.783. The molecule has 0 aliphatic carbocycles. The van der Waals surface area contributed by atoms with Gasteiger partial charge in [-0.2, -0.15) is 0 Å². The number of carbonyl (C=O) groups excluding carboxylic acids is 1. The van der Waals surface area contributed by atoms with Gasteiger partial charge in [0, 0.05) is 47.2 Å². The summed E-state index contributed by atoms with van der Waals surface area (Å²) < 4.78 is 0. The second-order valence-electron chi connectivity index (χ2n) is 5.04. The Balaban J connectivity index is 1.97. The highest BCUT2D eigenvalue weighted by atomic mass is 35.5. The van der Waals surface area contributed by atoms with Gasteiger partial charge in [0.05, 0.1) is 0 Å². The summed E-state index contributed by atoms with van der Waals surface area (Å²) in [6, 6.07) is 5.21. The molecule has 0 aliphatic rings. The number of aromatic nitrogens is 1. The molecule has 0 atom stereocenters. The molecule has 23 heavy (non-hydrogen) atoms. The van der Waals surface area contributed by atoms with Gasteiger partial charge in [-0.3, -0.25) is 4.79 Å². The number of carbonyl (C=O) groups is 1. The average molecular weight is 373 g/mol. The largest absolute Gasteiger partial charge is 0.349 e. The van der Waals surface area contributed by atoms with Gasteiger partial charge >= 0.3 is 0 Å². The van der Waals surface area contributed by atoms with Gasteiger partial charge in [-0.25, -0.2) is 4.98 Å².